The highest BCUT2D eigenvalue weighted by Crippen LogP contribution is 2.46. The van der Waals surface area contributed by atoms with E-state index in [-0.39, 0.29) is 5.54 Å². The van der Waals surface area contributed by atoms with Gasteiger partial charge in [-0.25, -0.2) is 0 Å². The molecule has 4 aromatic carbocycles. The van der Waals surface area contributed by atoms with Crippen LogP contribution in [0.4, 0.5) is 0 Å². The summed E-state index contributed by atoms with van der Waals surface area (Å²) in [6, 6.07) is 34.2. The third-order valence-electron chi connectivity index (χ3n) is 9.72. The molecular weight excluding hydrogens is 589 g/mol. The summed E-state index contributed by atoms with van der Waals surface area (Å²) in [6.07, 6.45) is 5.53. The van der Waals surface area contributed by atoms with Crippen LogP contribution in [0.15, 0.2) is 106 Å². The lowest BCUT2D eigenvalue weighted by atomic mass is 9.90. The van der Waals surface area contributed by atoms with Crippen molar-refractivity contribution < 1.29 is 8.83 Å². The molecule has 3 radical (unpaired) electrons. The van der Waals surface area contributed by atoms with Gasteiger partial charge in [0.25, 0.3) is 0 Å². The highest BCUT2D eigenvalue weighted by molar-refractivity contribution is 6.23. The van der Waals surface area contributed by atoms with Gasteiger partial charge >= 0.3 is 0 Å². The van der Waals surface area contributed by atoms with Crippen molar-refractivity contribution in [3.05, 3.63) is 165 Å². The molecule has 0 amide bonds. The van der Waals surface area contributed by atoms with Gasteiger partial charge < -0.3 is 8.83 Å². The van der Waals surface area contributed by atoms with E-state index < -0.39 is 0 Å². The first-order valence-electron chi connectivity index (χ1n) is 16.3. The van der Waals surface area contributed by atoms with Gasteiger partial charge in [0.05, 0.1) is 0 Å². The molecule has 2 aliphatic carbocycles. The van der Waals surface area contributed by atoms with E-state index in [1.807, 2.05) is 26.0 Å². The normalized spacial score (nSPS) is 14.7. The van der Waals surface area contributed by atoms with Crippen molar-refractivity contribution in [1.82, 2.24) is 0 Å². The number of hydrogen-bond acceptors (Lipinski definition) is 2. The number of benzene rings is 4. The Labute approximate surface area is 281 Å². The van der Waals surface area contributed by atoms with Gasteiger partial charge in [0.2, 0.25) is 0 Å². The minimum atomic E-state index is 0.160. The smallest absolute Gasteiger partial charge is 0.130 e. The van der Waals surface area contributed by atoms with Crippen LogP contribution in [0.3, 0.4) is 0 Å². The second kappa shape index (κ2) is 12.4. The average molecular weight is 628 g/mol. The Morgan fingerprint density at radius 2 is 1.11 bits per heavy atom. The molecule has 1 unspecified atom stereocenters. The van der Waals surface area contributed by atoms with Crippen LogP contribution in [0.2, 0.25) is 0 Å². The lowest BCUT2D eigenvalue weighted by Crippen LogP contribution is -2.00. The van der Waals surface area contributed by atoms with Crippen LogP contribution in [0, 0.1) is 41.5 Å². The maximum Gasteiger partial charge on any atom is 0.130 e. The van der Waals surface area contributed by atoms with Gasteiger partial charge in [0, 0.05) is 22.2 Å². The van der Waals surface area contributed by atoms with Crippen LogP contribution in [0.5, 0.6) is 0 Å². The van der Waals surface area contributed by atoms with Crippen LogP contribution in [-0.2, 0) is 6.42 Å². The van der Waals surface area contributed by atoms with Gasteiger partial charge in [-0.15, -0.1) is 0 Å². The van der Waals surface area contributed by atoms with Crippen LogP contribution < -0.4 is 0 Å². The molecular formula is C44H39O2Si. The number of allylic oxidation sites excluding steroid dienone is 2. The Bertz CT molecular complexity index is 2170. The molecule has 0 N–H and O–H groups in total. The minimum absolute atomic E-state index is 0.160. The molecule has 2 heterocycles. The quantitative estimate of drug-likeness (QED) is 0.182. The Morgan fingerprint density at radius 1 is 0.574 bits per heavy atom. The third-order valence-corrected chi connectivity index (χ3v) is 10.3. The Balaban J connectivity index is 0.000000150. The summed E-state index contributed by atoms with van der Waals surface area (Å²) in [6.45, 7) is 12.8. The maximum absolute atomic E-state index is 5.88. The van der Waals surface area contributed by atoms with Gasteiger partial charge in [0.1, 0.15) is 23.0 Å². The van der Waals surface area contributed by atoms with Gasteiger partial charge in [-0.3, -0.25) is 0 Å². The average Bonchev–Trinajstić information content (AvgIpc) is 3.87. The Kier molecular flexibility index (Phi) is 8.11. The summed E-state index contributed by atoms with van der Waals surface area (Å²) in [5.74, 6) is 3.84. The van der Waals surface area contributed by atoms with E-state index in [4.69, 9.17) is 8.83 Å². The molecule has 0 aliphatic heterocycles. The largest absolute Gasteiger partial charge is 0.462 e. The van der Waals surface area contributed by atoms with Crippen molar-refractivity contribution in [2.24, 2.45) is 0 Å². The predicted molar refractivity (Wildman–Crippen MR) is 198 cm³/mol. The van der Waals surface area contributed by atoms with Crippen LogP contribution in [0.25, 0.3) is 45.6 Å². The second-order valence-corrected chi connectivity index (χ2v) is 13.5. The van der Waals surface area contributed by atoms with Crippen LogP contribution in [-0.4, -0.2) is 10.2 Å². The number of hydrogen-bond donors (Lipinski definition) is 0. The lowest BCUT2D eigenvalue weighted by Gasteiger charge is -2.17. The fourth-order valence-electron chi connectivity index (χ4n) is 7.03. The molecule has 2 aromatic heterocycles. The van der Waals surface area contributed by atoms with E-state index in [1.54, 1.807) is 0 Å². The first-order chi connectivity index (χ1) is 22.7. The summed E-state index contributed by atoms with van der Waals surface area (Å²) in [4.78, 5) is 0. The number of fused-ring (bicyclic) bond motifs is 2. The number of rotatable bonds is 4. The van der Waals surface area contributed by atoms with Gasteiger partial charge in [0.15, 0.2) is 0 Å². The monoisotopic (exact) mass is 627 g/mol. The second-order valence-electron chi connectivity index (χ2n) is 12.9. The molecule has 0 spiro atoms. The number of aryl methyl sites for hydroxylation is 4. The van der Waals surface area contributed by atoms with Crippen molar-refractivity contribution in [2.45, 2.75) is 53.5 Å². The van der Waals surface area contributed by atoms with Crippen molar-refractivity contribution >= 4 is 33.5 Å². The van der Waals surface area contributed by atoms with E-state index >= 15 is 0 Å². The van der Waals surface area contributed by atoms with E-state index in [9.17, 15) is 0 Å². The van der Waals surface area contributed by atoms with Crippen molar-refractivity contribution in [3.8, 4) is 22.3 Å². The summed E-state index contributed by atoms with van der Waals surface area (Å²) in [7, 11) is 3.95. The molecule has 0 saturated carbocycles. The molecule has 3 heteroatoms. The minimum Gasteiger partial charge on any atom is -0.462 e. The number of furan rings is 2. The Morgan fingerprint density at radius 3 is 1.66 bits per heavy atom. The summed E-state index contributed by atoms with van der Waals surface area (Å²) in [5, 5.41) is 0. The molecule has 2 aliphatic rings. The molecule has 0 fully saturated rings. The molecule has 2 nitrogen and oxygen atoms in total. The van der Waals surface area contributed by atoms with E-state index in [0.717, 1.165) is 29.5 Å². The highest BCUT2D eigenvalue weighted by atomic mass is 28.1. The predicted octanol–water partition coefficient (Wildman–Crippen LogP) is 11.6. The van der Waals surface area contributed by atoms with Crippen LogP contribution >= 0.6 is 0 Å². The van der Waals surface area contributed by atoms with E-state index in [2.05, 4.69) is 135 Å². The molecule has 1 atom stereocenters. The maximum atomic E-state index is 5.88. The van der Waals surface area contributed by atoms with Gasteiger partial charge in [-0.1, -0.05) is 72.8 Å². The van der Waals surface area contributed by atoms with Crippen LogP contribution in [0.1, 0.15) is 73.1 Å². The topological polar surface area (TPSA) is 26.3 Å². The summed E-state index contributed by atoms with van der Waals surface area (Å²) >= 11 is 0. The fraction of sp³-hybridized carbons (Fsp3) is 0.182. The molecule has 0 saturated heterocycles. The van der Waals surface area contributed by atoms with E-state index in [1.165, 1.54) is 77.9 Å². The molecule has 47 heavy (non-hydrogen) atoms. The van der Waals surface area contributed by atoms with Crippen molar-refractivity contribution in [2.75, 3.05) is 0 Å². The van der Waals surface area contributed by atoms with Crippen molar-refractivity contribution in [3.63, 3.8) is 0 Å². The first kappa shape index (κ1) is 30.8. The van der Waals surface area contributed by atoms with Gasteiger partial charge in [-0.05, 0) is 156 Å². The summed E-state index contributed by atoms with van der Waals surface area (Å²) < 4.78 is 11.7. The molecule has 8 rings (SSSR count). The SMILES string of the molecule is Cc1ccc(C2=Cc3c(cc(C)c(C)c3-c3ccccc3)C2)o1.Cc1ccc(C2=Cc3c(cc(C)c(C)c3-c3ccccc3)C2[Si])o1. The zero-order chi connectivity index (χ0) is 32.8. The molecule has 0 bridgehead atoms. The molecule has 231 valence electrons. The highest BCUT2D eigenvalue weighted by Gasteiger charge is 2.28. The first-order valence-corrected chi connectivity index (χ1v) is 16.9. The zero-order valence-corrected chi connectivity index (χ0v) is 29.0. The van der Waals surface area contributed by atoms with Crippen molar-refractivity contribution in [1.29, 1.82) is 0 Å². The molecule has 6 aromatic rings. The third kappa shape index (κ3) is 5.70. The standard InChI is InChI=1S/C22H19OSi.C22H20O/c1-13-11-18-17(21(15(13)3)16-7-5-4-6-8-16)12-19(22(18)24)20-10-9-14(2)23-20;1-14-11-18-12-19(21-10-9-15(2)23-21)13-20(18)22(16(14)3)17-7-5-4-6-8-17/h4-12,22H,1-3H3;4-11,13H,12H2,1-3H3. The summed E-state index contributed by atoms with van der Waals surface area (Å²) in [5.41, 5.74) is 18.6. The Hall–Kier alpha value is -4.86. The fourth-order valence-corrected chi connectivity index (χ4v) is 7.50. The lowest BCUT2D eigenvalue weighted by molar-refractivity contribution is 0.520. The van der Waals surface area contributed by atoms with Gasteiger partial charge in [-0.2, -0.15) is 0 Å². The zero-order valence-electron chi connectivity index (χ0n) is 28.0. The van der Waals surface area contributed by atoms with E-state index in [0.29, 0.717) is 0 Å².